The second-order valence-electron chi connectivity index (χ2n) is 2.63. The minimum Gasteiger partial charge on any atom is -0.480 e. The molecule has 0 heterocycles. The second kappa shape index (κ2) is 3.85. The Bertz CT molecular complexity index is 412. The van der Waals surface area contributed by atoms with Crippen LogP contribution in [0.1, 0.15) is 17.2 Å². The van der Waals surface area contributed by atoms with E-state index in [0.29, 0.717) is 0 Å². The van der Waals surface area contributed by atoms with Crippen LogP contribution in [0.3, 0.4) is 0 Å². The van der Waals surface area contributed by atoms with E-state index < -0.39 is 17.8 Å². The summed E-state index contributed by atoms with van der Waals surface area (Å²) in [5.41, 5.74) is 4.93. The number of nitriles is 1. The van der Waals surface area contributed by atoms with E-state index in [1.165, 1.54) is 12.1 Å². The van der Waals surface area contributed by atoms with Crippen LogP contribution in [0, 0.1) is 17.1 Å². The lowest BCUT2D eigenvalue weighted by Gasteiger charge is -2.08. The monoisotopic (exact) mass is 194 g/mol. The average molecular weight is 194 g/mol. The van der Waals surface area contributed by atoms with Crippen LogP contribution in [0.4, 0.5) is 4.39 Å². The molecule has 0 aliphatic heterocycles. The minimum absolute atomic E-state index is 0.0139. The van der Waals surface area contributed by atoms with E-state index in [-0.39, 0.29) is 11.1 Å². The first kappa shape index (κ1) is 10.2. The Hall–Kier alpha value is -1.93. The summed E-state index contributed by atoms with van der Waals surface area (Å²) in [5.74, 6) is -2.06. The molecule has 72 valence electrons. The standard InChI is InChI=1S/C9H7FN2O2/c10-7-3-1-2-5(6(7)4-11)8(12)9(13)14/h1-3,8H,12H2,(H,13,14). The highest BCUT2D eigenvalue weighted by Crippen LogP contribution is 2.18. The Kier molecular flexibility index (Phi) is 2.79. The van der Waals surface area contributed by atoms with E-state index in [1.807, 2.05) is 0 Å². The number of carbonyl (C=O) groups is 1. The van der Waals surface area contributed by atoms with Crippen molar-refractivity contribution in [3.63, 3.8) is 0 Å². The van der Waals surface area contributed by atoms with Crippen molar-refractivity contribution in [1.82, 2.24) is 0 Å². The fraction of sp³-hybridized carbons (Fsp3) is 0.111. The lowest BCUT2D eigenvalue weighted by Crippen LogP contribution is -2.22. The Morgan fingerprint density at radius 2 is 2.29 bits per heavy atom. The molecule has 0 spiro atoms. The zero-order chi connectivity index (χ0) is 10.7. The van der Waals surface area contributed by atoms with Gasteiger partial charge in [-0.15, -0.1) is 0 Å². The van der Waals surface area contributed by atoms with Crippen LogP contribution < -0.4 is 5.73 Å². The highest BCUT2D eigenvalue weighted by molar-refractivity contribution is 5.76. The zero-order valence-electron chi connectivity index (χ0n) is 7.07. The van der Waals surface area contributed by atoms with Gasteiger partial charge in [-0.3, -0.25) is 4.79 Å². The lowest BCUT2D eigenvalue weighted by atomic mass is 10.0. The van der Waals surface area contributed by atoms with E-state index in [1.54, 1.807) is 6.07 Å². The number of benzene rings is 1. The minimum atomic E-state index is -1.37. The lowest BCUT2D eigenvalue weighted by molar-refractivity contribution is -0.138. The molecule has 5 heteroatoms. The van der Waals surface area contributed by atoms with Crippen molar-refractivity contribution in [3.05, 3.63) is 35.1 Å². The van der Waals surface area contributed by atoms with E-state index in [4.69, 9.17) is 16.1 Å². The molecule has 0 fully saturated rings. The van der Waals surface area contributed by atoms with Crippen LogP contribution in [0.5, 0.6) is 0 Å². The Balaban J connectivity index is 3.29. The zero-order valence-corrected chi connectivity index (χ0v) is 7.07. The van der Waals surface area contributed by atoms with Crippen molar-refractivity contribution in [1.29, 1.82) is 5.26 Å². The fourth-order valence-corrected chi connectivity index (χ4v) is 1.05. The van der Waals surface area contributed by atoms with Crippen LogP contribution in [-0.2, 0) is 4.79 Å². The summed E-state index contributed by atoms with van der Waals surface area (Å²) in [4.78, 5) is 10.5. The second-order valence-corrected chi connectivity index (χ2v) is 2.63. The molecule has 0 aliphatic rings. The van der Waals surface area contributed by atoms with Gasteiger partial charge in [-0.1, -0.05) is 12.1 Å². The van der Waals surface area contributed by atoms with Crippen molar-refractivity contribution >= 4 is 5.97 Å². The number of nitrogens with two attached hydrogens (primary N) is 1. The average Bonchev–Trinajstić information content (AvgIpc) is 2.16. The van der Waals surface area contributed by atoms with Gasteiger partial charge in [0.1, 0.15) is 17.9 Å². The third-order valence-corrected chi connectivity index (χ3v) is 1.76. The van der Waals surface area contributed by atoms with Crippen LogP contribution in [-0.4, -0.2) is 11.1 Å². The van der Waals surface area contributed by atoms with E-state index in [9.17, 15) is 9.18 Å². The topological polar surface area (TPSA) is 87.1 Å². The number of carboxylic acid groups (broad SMARTS) is 1. The molecule has 14 heavy (non-hydrogen) atoms. The molecular weight excluding hydrogens is 187 g/mol. The Labute approximate surface area is 79.4 Å². The first-order valence-corrected chi connectivity index (χ1v) is 3.75. The largest absolute Gasteiger partial charge is 0.480 e. The van der Waals surface area contributed by atoms with E-state index in [2.05, 4.69) is 0 Å². The van der Waals surface area contributed by atoms with Gasteiger partial charge >= 0.3 is 5.97 Å². The molecule has 1 aromatic rings. The Morgan fingerprint density at radius 1 is 1.64 bits per heavy atom. The number of rotatable bonds is 2. The number of hydrogen-bond acceptors (Lipinski definition) is 3. The number of carboxylic acids is 1. The summed E-state index contributed by atoms with van der Waals surface area (Å²) in [5, 5.41) is 17.2. The molecule has 1 unspecified atom stereocenters. The molecule has 0 bridgehead atoms. The third-order valence-electron chi connectivity index (χ3n) is 1.76. The smallest absolute Gasteiger partial charge is 0.325 e. The molecule has 1 aromatic carbocycles. The third kappa shape index (κ3) is 1.70. The first-order valence-electron chi connectivity index (χ1n) is 3.75. The first-order chi connectivity index (χ1) is 6.57. The molecule has 0 amide bonds. The summed E-state index contributed by atoms with van der Waals surface area (Å²) in [6.45, 7) is 0. The molecule has 0 saturated heterocycles. The molecule has 1 atom stereocenters. The molecule has 4 nitrogen and oxygen atoms in total. The molecule has 3 N–H and O–H groups in total. The van der Waals surface area contributed by atoms with Gasteiger partial charge in [0.05, 0.1) is 5.56 Å². The number of aliphatic carboxylic acids is 1. The normalized spacial score (nSPS) is 11.8. The molecule has 0 radical (unpaired) electrons. The summed E-state index contributed by atoms with van der Waals surface area (Å²) >= 11 is 0. The number of hydrogen-bond donors (Lipinski definition) is 2. The summed E-state index contributed by atoms with van der Waals surface area (Å²) < 4.78 is 13.0. The number of halogens is 1. The molecule has 0 aromatic heterocycles. The number of nitrogens with zero attached hydrogens (tertiary/aromatic N) is 1. The molecule has 0 saturated carbocycles. The predicted octanol–water partition coefficient (Wildman–Crippen LogP) is 0.782. The predicted molar refractivity (Wildman–Crippen MR) is 45.7 cm³/mol. The van der Waals surface area contributed by atoms with Crippen LogP contribution in [0.25, 0.3) is 0 Å². The van der Waals surface area contributed by atoms with Crippen molar-refractivity contribution in [2.45, 2.75) is 6.04 Å². The summed E-state index contributed by atoms with van der Waals surface area (Å²) in [6, 6.07) is 3.92. The van der Waals surface area contributed by atoms with Gasteiger partial charge in [0, 0.05) is 5.56 Å². The van der Waals surface area contributed by atoms with Gasteiger partial charge < -0.3 is 10.8 Å². The van der Waals surface area contributed by atoms with Gasteiger partial charge in [-0.2, -0.15) is 5.26 Å². The van der Waals surface area contributed by atoms with Crippen molar-refractivity contribution in [3.8, 4) is 6.07 Å². The van der Waals surface area contributed by atoms with E-state index in [0.717, 1.165) is 6.07 Å². The van der Waals surface area contributed by atoms with Crippen molar-refractivity contribution < 1.29 is 14.3 Å². The van der Waals surface area contributed by atoms with E-state index >= 15 is 0 Å². The molecular formula is C9H7FN2O2. The SMILES string of the molecule is N#Cc1c(F)cccc1C(N)C(=O)O. The fourth-order valence-electron chi connectivity index (χ4n) is 1.05. The summed E-state index contributed by atoms with van der Waals surface area (Å²) in [6.07, 6.45) is 0. The highest BCUT2D eigenvalue weighted by Gasteiger charge is 2.19. The van der Waals surface area contributed by atoms with Gasteiger partial charge in [-0.25, -0.2) is 4.39 Å². The maximum absolute atomic E-state index is 13.0. The molecule has 1 rings (SSSR count). The van der Waals surface area contributed by atoms with Crippen molar-refractivity contribution in [2.24, 2.45) is 5.73 Å². The maximum atomic E-state index is 13.0. The van der Waals surface area contributed by atoms with Crippen LogP contribution in [0.15, 0.2) is 18.2 Å². The Morgan fingerprint density at radius 3 is 2.79 bits per heavy atom. The van der Waals surface area contributed by atoms with Crippen molar-refractivity contribution in [2.75, 3.05) is 0 Å². The quantitative estimate of drug-likeness (QED) is 0.728. The highest BCUT2D eigenvalue weighted by atomic mass is 19.1. The van der Waals surface area contributed by atoms with Gasteiger partial charge in [0.15, 0.2) is 0 Å². The van der Waals surface area contributed by atoms with Gasteiger partial charge in [0.25, 0.3) is 0 Å². The van der Waals surface area contributed by atoms with Gasteiger partial charge in [-0.05, 0) is 6.07 Å². The van der Waals surface area contributed by atoms with Gasteiger partial charge in [0.2, 0.25) is 0 Å². The molecule has 0 aliphatic carbocycles. The van der Waals surface area contributed by atoms with Crippen LogP contribution in [0.2, 0.25) is 0 Å². The summed E-state index contributed by atoms with van der Waals surface area (Å²) in [7, 11) is 0. The van der Waals surface area contributed by atoms with Crippen LogP contribution >= 0.6 is 0 Å². The maximum Gasteiger partial charge on any atom is 0.325 e.